The lowest BCUT2D eigenvalue weighted by molar-refractivity contribution is 0.201. The first-order valence-corrected chi connectivity index (χ1v) is 8.11. The number of hydrogen-bond donors (Lipinski definition) is 0. The van der Waals surface area contributed by atoms with Crippen LogP contribution in [0, 0.1) is 0 Å². The summed E-state index contributed by atoms with van der Waals surface area (Å²) in [4.78, 5) is 14.6. The molecule has 0 saturated carbocycles. The Morgan fingerprint density at radius 1 is 1.35 bits per heavy atom. The lowest BCUT2D eigenvalue weighted by Crippen LogP contribution is -2.46. The van der Waals surface area contributed by atoms with Crippen LogP contribution in [0.1, 0.15) is 13.8 Å². The summed E-state index contributed by atoms with van der Waals surface area (Å²) in [6.45, 7) is 7.18. The van der Waals surface area contributed by atoms with Crippen molar-refractivity contribution in [3.63, 3.8) is 0 Å². The first kappa shape index (κ1) is 13.7. The number of hydrogen-bond acceptors (Lipinski definition) is 4. The standard InChI is InChI=1S/C14H20N4OS/c1-11-12(2)20-10-9-16(11)7-8-18-14(19)17-6-4-3-5-13(17)15-18/h3-6,11-12H,7-10H2,1-2H3. The van der Waals surface area contributed by atoms with E-state index < -0.39 is 0 Å². The van der Waals surface area contributed by atoms with Crippen LogP contribution in [0.4, 0.5) is 0 Å². The summed E-state index contributed by atoms with van der Waals surface area (Å²) in [5, 5.41) is 5.03. The molecule has 1 fully saturated rings. The minimum atomic E-state index is -0.0484. The zero-order valence-electron chi connectivity index (χ0n) is 11.9. The second-order valence-corrected chi connectivity index (χ2v) is 6.77. The second-order valence-electron chi connectivity index (χ2n) is 5.29. The number of pyridine rings is 1. The molecule has 2 atom stereocenters. The summed E-state index contributed by atoms with van der Waals surface area (Å²) in [5.74, 6) is 1.17. The smallest absolute Gasteiger partial charge is 0.297 e. The molecule has 6 heteroatoms. The Balaban J connectivity index is 1.74. The van der Waals surface area contributed by atoms with Gasteiger partial charge in [-0.1, -0.05) is 13.0 Å². The first-order chi connectivity index (χ1) is 9.66. The van der Waals surface area contributed by atoms with Crippen molar-refractivity contribution in [2.24, 2.45) is 0 Å². The van der Waals surface area contributed by atoms with E-state index in [0.717, 1.165) is 13.1 Å². The van der Waals surface area contributed by atoms with E-state index in [1.54, 1.807) is 15.3 Å². The maximum Gasteiger partial charge on any atom is 0.350 e. The van der Waals surface area contributed by atoms with E-state index in [2.05, 4.69) is 23.8 Å². The fraction of sp³-hybridized carbons (Fsp3) is 0.571. The SMILES string of the molecule is CC1SCCN(CCn2nc3ccccn3c2=O)C1C. The molecule has 5 nitrogen and oxygen atoms in total. The Morgan fingerprint density at radius 3 is 3.00 bits per heavy atom. The van der Waals surface area contributed by atoms with Crippen LogP contribution in [0.15, 0.2) is 29.2 Å². The highest BCUT2D eigenvalue weighted by atomic mass is 32.2. The first-order valence-electron chi connectivity index (χ1n) is 7.06. The van der Waals surface area contributed by atoms with Crippen LogP contribution in [0.3, 0.4) is 0 Å². The molecular formula is C14H20N4OS. The van der Waals surface area contributed by atoms with Gasteiger partial charge in [-0.25, -0.2) is 9.48 Å². The van der Waals surface area contributed by atoms with E-state index in [9.17, 15) is 4.79 Å². The molecule has 2 aromatic rings. The largest absolute Gasteiger partial charge is 0.350 e. The van der Waals surface area contributed by atoms with E-state index in [1.165, 1.54) is 5.75 Å². The van der Waals surface area contributed by atoms with Gasteiger partial charge < -0.3 is 0 Å². The van der Waals surface area contributed by atoms with E-state index in [4.69, 9.17) is 0 Å². The Morgan fingerprint density at radius 2 is 2.20 bits per heavy atom. The summed E-state index contributed by atoms with van der Waals surface area (Å²) in [6, 6.07) is 6.17. The fourth-order valence-corrected chi connectivity index (χ4v) is 3.81. The van der Waals surface area contributed by atoms with E-state index in [-0.39, 0.29) is 5.69 Å². The Bertz CT molecular complexity index is 650. The molecule has 0 spiro atoms. The van der Waals surface area contributed by atoms with Crippen molar-refractivity contribution in [1.82, 2.24) is 19.1 Å². The van der Waals surface area contributed by atoms with Crippen molar-refractivity contribution in [3.05, 3.63) is 34.9 Å². The maximum absolute atomic E-state index is 12.2. The lowest BCUT2D eigenvalue weighted by Gasteiger charge is -2.37. The molecule has 0 N–H and O–H groups in total. The summed E-state index contributed by atoms with van der Waals surface area (Å²) >= 11 is 2.03. The topological polar surface area (TPSA) is 42.5 Å². The Labute approximate surface area is 122 Å². The molecule has 0 aromatic carbocycles. The third kappa shape index (κ3) is 2.50. The highest BCUT2D eigenvalue weighted by molar-refractivity contribution is 8.00. The molecule has 0 amide bonds. The highest BCUT2D eigenvalue weighted by Gasteiger charge is 2.24. The van der Waals surface area contributed by atoms with Gasteiger partial charge in [-0.15, -0.1) is 5.10 Å². The predicted octanol–water partition coefficient (Wildman–Crippen LogP) is 1.32. The van der Waals surface area contributed by atoms with Crippen LogP contribution >= 0.6 is 11.8 Å². The summed E-state index contributed by atoms with van der Waals surface area (Å²) in [5.41, 5.74) is 0.667. The zero-order chi connectivity index (χ0) is 14.1. The normalized spacial score (nSPS) is 24.3. The predicted molar refractivity (Wildman–Crippen MR) is 82.4 cm³/mol. The molecule has 0 radical (unpaired) electrons. The number of aromatic nitrogens is 3. The van der Waals surface area contributed by atoms with Crippen molar-refractivity contribution in [2.45, 2.75) is 31.7 Å². The van der Waals surface area contributed by atoms with Crippen LogP contribution in [0.25, 0.3) is 5.65 Å². The third-order valence-corrected chi connectivity index (χ3v) is 5.44. The number of thioether (sulfide) groups is 1. The summed E-state index contributed by atoms with van der Waals surface area (Å²) < 4.78 is 3.17. The molecule has 20 heavy (non-hydrogen) atoms. The van der Waals surface area contributed by atoms with Crippen molar-refractivity contribution < 1.29 is 0 Å². The molecule has 1 aliphatic heterocycles. The van der Waals surface area contributed by atoms with Crippen LogP contribution < -0.4 is 5.69 Å². The van der Waals surface area contributed by atoms with Gasteiger partial charge in [0.05, 0.1) is 6.54 Å². The summed E-state index contributed by atoms with van der Waals surface area (Å²) in [6.07, 6.45) is 1.77. The summed E-state index contributed by atoms with van der Waals surface area (Å²) in [7, 11) is 0. The monoisotopic (exact) mass is 292 g/mol. The molecule has 3 rings (SSSR count). The third-order valence-electron chi connectivity index (χ3n) is 4.10. The van der Waals surface area contributed by atoms with E-state index in [0.29, 0.717) is 23.5 Å². The zero-order valence-corrected chi connectivity index (χ0v) is 12.7. The van der Waals surface area contributed by atoms with Gasteiger partial charge in [0.25, 0.3) is 0 Å². The van der Waals surface area contributed by atoms with Gasteiger partial charge in [0.15, 0.2) is 5.65 Å². The van der Waals surface area contributed by atoms with E-state index in [1.807, 2.05) is 30.0 Å². The molecule has 3 heterocycles. The Hall–Kier alpha value is -1.27. The van der Waals surface area contributed by atoms with Gasteiger partial charge in [0.1, 0.15) is 0 Å². The minimum absolute atomic E-state index is 0.0484. The second kappa shape index (κ2) is 5.61. The van der Waals surface area contributed by atoms with Gasteiger partial charge in [-0.05, 0) is 19.1 Å². The number of rotatable bonds is 3. The average Bonchev–Trinajstić information content (AvgIpc) is 2.78. The quantitative estimate of drug-likeness (QED) is 0.856. The Kier molecular flexibility index (Phi) is 3.85. The molecule has 108 valence electrons. The van der Waals surface area contributed by atoms with Gasteiger partial charge in [0, 0.05) is 36.3 Å². The molecule has 2 unspecified atom stereocenters. The van der Waals surface area contributed by atoms with E-state index >= 15 is 0 Å². The number of nitrogens with zero attached hydrogens (tertiary/aromatic N) is 4. The van der Waals surface area contributed by atoms with Crippen molar-refractivity contribution >= 4 is 17.4 Å². The van der Waals surface area contributed by atoms with Crippen LogP contribution in [0.2, 0.25) is 0 Å². The van der Waals surface area contributed by atoms with Crippen LogP contribution in [-0.2, 0) is 6.54 Å². The minimum Gasteiger partial charge on any atom is -0.297 e. The van der Waals surface area contributed by atoms with Crippen LogP contribution in [-0.4, -0.2) is 49.2 Å². The lowest BCUT2D eigenvalue weighted by atomic mass is 10.2. The van der Waals surface area contributed by atoms with Gasteiger partial charge in [-0.3, -0.25) is 9.30 Å². The molecule has 1 saturated heterocycles. The van der Waals surface area contributed by atoms with Crippen LogP contribution in [0.5, 0.6) is 0 Å². The van der Waals surface area contributed by atoms with Crippen molar-refractivity contribution in [1.29, 1.82) is 0 Å². The van der Waals surface area contributed by atoms with Crippen molar-refractivity contribution in [2.75, 3.05) is 18.8 Å². The van der Waals surface area contributed by atoms with Gasteiger partial charge >= 0.3 is 5.69 Å². The number of fused-ring (bicyclic) bond motifs is 1. The highest BCUT2D eigenvalue weighted by Crippen LogP contribution is 2.23. The molecule has 0 bridgehead atoms. The van der Waals surface area contributed by atoms with Crippen molar-refractivity contribution in [3.8, 4) is 0 Å². The van der Waals surface area contributed by atoms with Gasteiger partial charge in [-0.2, -0.15) is 11.8 Å². The molecule has 1 aliphatic rings. The fourth-order valence-electron chi connectivity index (χ4n) is 2.65. The van der Waals surface area contributed by atoms with Gasteiger partial charge in [0.2, 0.25) is 0 Å². The molecular weight excluding hydrogens is 272 g/mol. The molecule has 0 aliphatic carbocycles. The maximum atomic E-state index is 12.2. The molecule has 2 aromatic heterocycles. The average molecular weight is 292 g/mol.